The lowest BCUT2D eigenvalue weighted by Crippen LogP contribution is -2.02. The van der Waals surface area contributed by atoms with Gasteiger partial charge in [-0.15, -0.1) is 0 Å². The Morgan fingerprint density at radius 1 is 1.24 bits per heavy atom. The maximum Gasteiger partial charge on any atom is 0.303 e. The Bertz CT molecular complexity index is 896. The molecule has 0 saturated carbocycles. The number of carboxylic acid groups (broad SMARTS) is 1. The van der Waals surface area contributed by atoms with Gasteiger partial charge in [0.25, 0.3) is 0 Å². The molecule has 0 unspecified atom stereocenters. The molecule has 0 aliphatic carbocycles. The fourth-order valence-corrected chi connectivity index (χ4v) is 3.59. The van der Waals surface area contributed by atoms with Gasteiger partial charge in [0.05, 0.1) is 12.1 Å². The number of aromatic nitrogens is 2. The lowest BCUT2D eigenvalue weighted by Gasteiger charge is -2.09. The van der Waals surface area contributed by atoms with E-state index in [9.17, 15) is 9.18 Å². The second-order valence-electron chi connectivity index (χ2n) is 5.56. The van der Waals surface area contributed by atoms with Gasteiger partial charge in [-0.05, 0) is 36.2 Å². The molecule has 2 aromatic carbocycles. The van der Waals surface area contributed by atoms with E-state index in [-0.39, 0.29) is 12.2 Å². The predicted molar refractivity (Wildman–Crippen MR) is 97.8 cm³/mol. The zero-order valence-electron chi connectivity index (χ0n) is 13.3. The molecule has 130 valence electrons. The molecule has 0 saturated heterocycles. The molecule has 1 aromatic heterocycles. The van der Waals surface area contributed by atoms with E-state index in [1.54, 1.807) is 6.07 Å². The van der Waals surface area contributed by atoms with Crippen LogP contribution in [0.25, 0.3) is 11.0 Å². The maximum atomic E-state index is 14.1. The second-order valence-corrected chi connectivity index (χ2v) is 7.06. The highest BCUT2D eigenvalue weighted by Crippen LogP contribution is 2.27. The Labute approximate surface area is 153 Å². The van der Waals surface area contributed by atoms with Gasteiger partial charge in [-0.25, -0.2) is 9.37 Å². The van der Waals surface area contributed by atoms with Crippen LogP contribution in [-0.2, 0) is 11.3 Å². The number of fused-ring (bicyclic) bond motifs is 1. The highest BCUT2D eigenvalue weighted by Gasteiger charge is 2.14. The van der Waals surface area contributed by atoms with Crippen LogP contribution in [0, 0.1) is 5.82 Å². The first-order valence-electron chi connectivity index (χ1n) is 7.78. The summed E-state index contributed by atoms with van der Waals surface area (Å²) in [6.07, 6.45) is 0.644. The van der Waals surface area contributed by atoms with Crippen molar-refractivity contribution in [2.45, 2.75) is 24.5 Å². The van der Waals surface area contributed by atoms with Crippen molar-refractivity contribution in [1.29, 1.82) is 0 Å². The van der Waals surface area contributed by atoms with Crippen LogP contribution in [0.3, 0.4) is 0 Å². The molecular formula is C18H16ClFN2O2S. The number of halogens is 2. The topological polar surface area (TPSA) is 55.1 Å². The lowest BCUT2D eigenvalue weighted by atomic mass is 10.2. The summed E-state index contributed by atoms with van der Waals surface area (Å²) >= 11 is 7.37. The average Bonchev–Trinajstić information content (AvgIpc) is 2.93. The normalized spacial score (nSPS) is 11.1. The smallest absolute Gasteiger partial charge is 0.303 e. The van der Waals surface area contributed by atoms with Crippen LogP contribution in [0.15, 0.2) is 47.6 Å². The zero-order valence-corrected chi connectivity index (χ0v) is 14.9. The van der Waals surface area contributed by atoms with Crippen LogP contribution in [-0.4, -0.2) is 26.4 Å². The fraction of sp³-hybridized carbons (Fsp3) is 0.222. The quantitative estimate of drug-likeness (QED) is 0.472. The van der Waals surface area contributed by atoms with Crippen molar-refractivity contribution >= 4 is 40.4 Å². The van der Waals surface area contributed by atoms with Crippen LogP contribution in [0.1, 0.15) is 18.4 Å². The number of aliphatic carboxylic acids is 1. The number of thioether (sulfide) groups is 1. The summed E-state index contributed by atoms with van der Waals surface area (Å²) in [4.78, 5) is 15.1. The van der Waals surface area contributed by atoms with E-state index in [4.69, 9.17) is 16.7 Å². The molecule has 0 bridgehead atoms. The van der Waals surface area contributed by atoms with Gasteiger partial charge in [0.15, 0.2) is 11.0 Å². The van der Waals surface area contributed by atoms with Crippen LogP contribution in [0.4, 0.5) is 4.39 Å². The highest BCUT2D eigenvalue weighted by molar-refractivity contribution is 7.99. The van der Waals surface area contributed by atoms with Gasteiger partial charge in [-0.3, -0.25) is 4.79 Å². The van der Waals surface area contributed by atoms with Gasteiger partial charge < -0.3 is 9.67 Å². The van der Waals surface area contributed by atoms with E-state index in [1.165, 1.54) is 17.8 Å². The number of carbonyl (C=O) groups is 1. The molecule has 3 aromatic rings. The monoisotopic (exact) mass is 378 g/mol. The van der Waals surface area contributed by atoms with Crippen LogP contribution in [0.2, 0.25) is 5.02 Å². The number of hydrogen-bond donors (Lipinski definition) is 1. The summed E-state index contributed by atoms with van der Waals surface area (Å²) < 4.78 is 16.0. The van der Waals surface area contributed by atoms with E-state index in [2.05, 4.69) is 4.98 Å². The Morgan fingerprint density at radius 3 is 2.72 bits per heavy atom. The number of imidazole rings is 1. The molecule has 0 amide bonds. The number of nitrogens with zero attached hydrogens (tertiary/aromatic N) is 2. The molecule has 3 rings (SSSR count). The van der Waals surface area contributed by atoms with Crippen molar-refractivity contribution in [3.63, 3.8) is 0 Å². The largest absolute Gasteiger partial charge is 0.481 e. The number of benzene rings is 2. The average molecular weight is 379 g/mol. The number of rotatable bonds is 7. The van der Waals surface area contributed by atoms with Crippen LogP contribution in [0.5, 0.6) is 0 Å². The number of carboxylic acids is 1. The third-order valence-corrected chi connectivity index (χ3v) is 5.03. The molecule has 0 aliphatic rings. The first-order valence-corrected chi connectivity index (χ1v) is 9.15. The van der Waals surface area contributed by atoms with Gasteiger partial charge in [0, 0.05) is 17.2 Å². The van der Waals surface area contributed by atoms with Crippen molar-refractivity contribution < 1.29 is 14.3 Å². The minimum Gasteiger partial charge on any atom is -0.481 e. The number of para-hydroxylation sites is 1. The Balaban J connectivity index is 1.90. The minimum absolute atomic E-state index is 0.110. The second kappa shape index (κ2) is 7.89. The van der Waals surface area contributed by atoms with Crippen molar-refractivity contribution in [1.82, 2.24) is 9.55 Å². The van der Waals surface area contributed by atoms with Gasteiger partial charge in [-0.2, -0.15) is 0 Å². The summed E-state index contributed by atoms with van der Waals surface area (Å²) in [7, 11) is 0. The van der Waals surface area contributed by atoms with E-state index in [1.807, 2.05) is 34.9 Å². The molecule has 4 nitrogen and oxygen atoms in total. The molecule has 7 heteroatoms. The van der Waals surface area contributed by atoms with Crippen molar-refractivity contribution in [3.05, 3.63) is 58.9 Å². The summed E-state index contributed by atoms with van der Waals surface area (Å²) in [5.41, 5.74) is 2.08. The van der Waals surface area contributed by atoms with Gasteiger partial charge in [0.1, 0.15) is 5.52 Å². The Morgan fingerprint density at radius 2 is 2.00 bits per heavy atom. The first kappa shape index (κ1) is 17.8. The summed E-state index contributed by atoms with van der Waals surface area (Å²) in [6, 6.07) is 12.4. The molecule has 25 heavy (non-hydrogen) atoms. The minimum atomic E-state index is -0.818. The third kappa shape index (κ3) is 4.32. The van der Waals surface area contributed by atoms with E-state index in [0.717, 1.165) is 11.1 Å². The summed E-state index contributed by atoms with van der Waals surface area (Å²) in [6.45, 7) is 0.540. The molecule has 1 N–H and O–H groups in total. The van der Waals surface area contributed by atoms with Gasteiger partial charge in [0.2, 0.25) is 0 Å². The SMILES string of the molecule is O=C(O)CCCSc1nc2c(F)cccc2n1Cc1ccc(Cl)cc1. The van der Waals surface area contributed by atoms with E-state index < -0.39 is 5.97 Å². The van der Waals surface area contributed by atoms with Crippen LogP contribution < -0.4 is 0 Å². The van der Waals surface area contributed by atoms with E-state index in [0.29, 0.717) is 34.4 Å². The standard InChI is InChI=1S/C18H16ClFN2O2S/c19-13-8-6-12(7-9-13)11-22-15-4-1-3-14(20)17(15)21-18(22)25-10-2-5-16(23)24/h1,3-4,6-9H,2,5,10-11H2,(H,23,24). The van der Waals surface area contributed by atoms with Gasteiger partial charge >= 0.3 is 5.97 Å². The predicted octanol–water partition coefficient (Wildman–Crippen LogP) is 4.83. The molecule has 0 spiro atoms. The summed E-state index contributed by atoms with van der Waals surface area (Å²) in [5.74, 6) is -0.571. The molecule has 0 radical (unpaired) electrons. The van der Waals surface area contributed by atoms with Crippen molar-refractivity contribution in [2.24, 2.45) is 0 Å². The first-order chi connectivity index (χ1) is 12.0. The number of hydrogen-bond acceptors (Lipinski definition) is 3. The molecular weight excluding hydrogens is 363 g/mol. The Kier molecular flexibility index (Phi) is 5.60. The zero-order chi connectivity index (χ0) is 17.8. The molecule has 0 aliphatic heterocycles. The fourth-order valence-electron chi connectivity index (χ4n) is 2.51. The van der Waals surface area contributed by atoms with Crippen molar-refractivity contribution in [3.8, 4) is 0 Å². The molecule has 0 atom stereocenters. The van der Waals surface area contributed by atoms with Gasteiger partial charge in [-0.1, -0.05) is 41.6 Å². The summed E-state index contributed by atoms with van der Waals surface area (Å²) in [5, 5.41) is 10.1. The Hall–Kier alpha value is -2.05. The highest BCUT2D eigenvalue weighted by atomic mass is 35.5. The van der Waals surface area contributed by atoms with Crippen molar-refractivity contribution in [2.75, 3.05) is 5.75 Å². The third-order valence-electron chi connectivity index (χ3n) is 3.71. The van der Waals surface area contributed by atoms with E-state index >= 15 is 0 Å². The molecule has 1 heterocycles. The molecule has 0 fully saturated rings. The lowest BCUT2D eigenvalue weighted by molar-refractivity contribution is -0.137. The van der Waals surface area contributed by atoms with Crippen LogP contribution >= 0.6 is 23.4 Å². The maximum absolute atomic E-state index is 14.1.